The number of halogens is 2. The standard InChI is InChI=1S/C20H19F2N3O3/c21-19(22)12-25-11-16(10-23-25)24-20(26)14-28-18-9-5-4-8-17(18)27-13-15-6-2-1-3-7-15/h1-11,19H,12-14H2,(H,24,26). The van der Waals surface area contributed by atoms with Gasteiger partial charge in [0.15, 0.2) is 18.1 Å². The summed E-state index contributed by atoms with van der Waals surface area (Å²) in [7, 11) is 0. The minimum atomic E-state index is -2.51. The van der Waals surface area contributed by atoms with Crippen LogP contribution in [0.5, 0.6) is 11.5 Å². The van der Waals surface area contributed by atoms with Gasteiger partial charge in [0.2, 0.25) is 0 Å². The number of hydrogen-bond acceptors (Lipinski definition) is 4. The van der Waals surface area contributed by atoms with E-state index in [0.29, 0.717) is 23.8 Å². The summed E-state index contributed by atoms with van der Waals surface area (Å²) in [6.07, 6.45) is 0.122. The molecule has 146 valence electrons. The van der Waals surface area contributed by atoms with E-state index >= 15 is 0 Å². The molecular weight excluding hydrogens is 368 g/mol. The van der Waals surface area contributed by atoms with Crippen molar-refractivity contribution in [2.75, 3.05) is 11.9 Å². The van der Waals surface area contributed by atoms with E-state index in [9.17, 15) is 13.6 Å². The fourth-order valence-electron chi connectivity index (χ4n) is 2.43. The molecular formula is C20H19F2N3O3. The number of nitrogens with zero attached hydrogens (tertiary/aromatic N) is 2. The quantitative estimate of drug-likeness (QED) is 0.607. The van der Waals surface area contributed by atoms with Gasteiger partial charge in [-0.15, -0.1) is 0 Å². The van der Waals surface area contributed by atoms with Crippen LogP contribution in [0.4, 0.5) is 14.5 Å². The van der Waals surface area contributed by atoms with Gasteiger partial charge in [-0.1, -0.05) is 42.5 Å². The highest BCUT2D eigenvalue weighted by Crippen LogP contribution is 2.27. The lowest BCUT2D eigenvalue weighted by Crippen LogP contribution is -2.20. The summed E-state index contributed by atoms with van der Waals surface area (Å²) >= 11 is 0. The number of nitrogens with one attached hydrogen (secondary N) is 1. The average Bonchev–Trinajstić information content (AvgIpc) is 3.12. The first-order valence-electron chi connectivity index (χ1n) is 8.59. The molecule has 0 saturated heterocycles. The summed E-state index contributed by atoms with van der Waals surface area (Å²) in [4.78, 5) is 12.0. The molecule has 3 aromatic rings. The van der Waals surface area contributed by atoms with Gasteiger partial charge in [0.1, 0.15) is 13.2 Å². The lowest BCUT2D eigenvalue weighted by molar-refractivity contribution is -0.118. The molecule has 0 spiro atoms. The molecule has 6 nitrogen and oxygen atoms in total. The summed E-state index contributed by atoms with van der Waals surface area (Å²) in [5.74, 6) is 0.514. The first-order valence-corrected chi connectivity index (χ1v) is 8.59. The predicted octanol–water partition coefficient (Wildman–Crippen LogP) is 3.74. The molecule has 2 aromatic carbocycles. The van der Waals surface area contributed by atoms with Gasteiger partial charge in [-0.2, -0.15) is 5.10 Å². The van der Waals surface area contributed by atoms with Crippen LogP contribution in [0, 0.1) is 0 Å². The number of para-hydroxylation sites is 2. The highest BCUT2D eigenvalue weighted by atomic mass is 19.3. The molecule has 1 amide bonds. The number of carbonyl (C=O) groups excluding carboxylic acids is 1. The van der Waals surface area contributed by atoms with Crippen LogP contribution >= 0.6 is 0 Å². The van der Waals surface area contributed by atoms with Gasteiger partial charge in [0.05, 0.1) is 11.9 Å². The van der Waals surface area contributed by atoms with Gasteiger partial charge >= 0.3 is 0 Å². The van der Waals surface area contributed by atoms with Gasteiger partial charge in [-0.3, -0.25) is 9.48 Å². The fraction of sp³-hybridized carbons (Fsp3) is 0.200. The molecule has 0 radical (unpaired) electrons. The smallest absolute Gasteiger partial charge is 0.262 e. The number of alkyl halides is 2. The number of anilines is 1. The Balaban J connectivity index is 1.52. The molecule has 28 heavy (non-hydrogen) atoms. The number of amides is 1. The van der Waals surface area contributed by atoms with Crippen molar-refractivity contribution in [2.45, 2.75) is 19.6 Å². The van der Waals surface area contributed by atoms with Crippen molar-refractivity contribution in [2.24, 2.45) is 0 Å². The molecule has 0 aliphatic carbocycles. The Labute approximate surface area is 160 Å². The normalized spacial score (nSPS) is 10.7. The van der Waals surface area contributed by atoms with Crippen LogP contribution in [0.1, 0.15) is 5.56 Å². The van der Waals surface area contributed by atoms with Crippen LogP contribution in [-0.4, -0.2) is 28.7 Å². The molecule has 0 aliphatic heterocycles. The van der Waals surface area contributed by atoms with Crippen LogP contribution in [0.15, 0.2) is 67.0 Å². The Morgan fingerprint density at radius 3 is 2.43 bits per heavy atom. The Morgan fingerprint density at radius 1 is 1.04 bits per heavy atom. The fourth-order valence-corrected chi connectivity index (χ4v) is 2.43. The monoisotopic (exact) mass is 387 g/mol. The third kappa shape index (κ3) is 5.80. The Hall–Kier alpha value is -3.42. The van der Waals surface area contributed by atoms with E-state index in [1.54, 1.807) is 18.2 Å². The maximum Gasteiger partial charge on any atom is 0.262 e. The van der Waals surface area contributed by atoms with E-state index < -0.39 is 18.9 Å². The van der Waals surface area contributed by atoms with Crippen molar-refractivity contribution < 1.29 is 23.0 Å². The van der Waals surface area contributed by atoms with Gasteiger partial charge in [0.25, 0.3) is 12.3 Å². The van der Waals surface area contributed by atoms with Crippen molar-refractivity contribution in [1.29, 1.82) is 0 Å². The highest BCUT2D eigenvalue weighted by molar-refractivity contribution is 5.91. The van der Waals surface area contributed by atoms with Crippen molar-refractivity contribution in [3.05, 3.63) is 72.6 Å². The lowest BCUT2D eigenvalue weighted by Gasteiger charge is -2.12. The zero-order valence-corrected chi connectivity index (χ0v) is 14.9. The molecule has 1 N–H and O–H groups in total. The van der Waals surface area contributed by atoms with E-state index in [-0.39, 0.29) is 6.61 Å². The van der Waals surface area contributed by atoms with Crippen LogP contribution in [0.25, 0.3) is 0 Å². The van der Waals surface area contributed by atoms with Crippen molar-refractivity contribution in [3.8, 4) is 11.5 Å². The summed E-state index contributed by atoms with van der Waals surface area (Å²) in [5, 5.41) is 6.31. The predicted molar refractivity (Wildman–Crippen MR) is 99.6 cm³/mol. The zero-order chi connectivity index (χ0) is 19.8. The van der Waals surface area contributed by atoms with E-state index in [2.05, 4.69) is 10.4 Å². The number of benzene rings is 2. The molecule has 0 atom stereocenters. The molecule has 0 aliphatic rings. The number of ether oxygens (including phenoxy) is 2. The van der Waals surface area contributed by atoms with Crippen LogP contribution in [0.2, 0.25) is 0 Å². The van der Waals surface area contributed by atoms with Gasteiger partial charge in [0, 0.05) is 6.20 Å². The summed E-state index contributed by atoms with van der Waals surface area (Å²) in [6.45, 7) is -0.416. The second kappa shape index (κ2) is 9.50. The summed E-state index contributed by atoms with van der Waals surface area (Å²) < 4.78 is 37.0. The first-order chi connectivity index (χ1) is 13.6. The molecule has 0 saturated carbocycles. The number of aromatic nitrogens is 2. The minimum absolute atomic E-state index is 0.258. The third-order valence-corrected chi connectivity index (χ3v) is 3.69. The molecule has 8 heteroatoms. The highest BCUT2D eigenvalue weighted by Gasteiger charge is 2.10. The minimum Gasteiger partial charge on any atom is -0.485 e. The van der Waals surface area contributed by atoms with E-state index in [1.807, 2.05) is 36.4 Å². The SMILES string of the molecule is O=C(COc1ccccc1OCc1ccccc1)Nc1cnn(CC(F)F)c1. The lowest BCUT2D eigenvalue weighted by atomic mass is 10.2. The van der Waals surface area contributed by atoms with Gasteiger partial charge in [-0.25, -0.2) is 8.78 Å². The second-order valence-corrected chi connectivity index (χ2v) is 5.90. The molecule has 1 aromatic heterocycles. The maximum absolute atomic E-state index is 12.3. The van der Waals surface area contributed by atoms with Gasteiger partial charge in [-0.05, 0) is 17.7 Å². The summed E-state index contributed by atoms with van der Waals surface area (Å²) in [6, 6.07) is 16.7. The van der Waals surface area contributed by atoms with Crippen molar-refractivity contribution in [3.63, 3.8) is 0 Å². The number of hydrogen-bond donors (Lipinski definition) is 1. The maximum atomic E-state index is 12.3. The third-order valence-electron chi connectivity index (χ3n) is 3.69. The van der Waals surface area contributed by atoms with Gasteiger partial charge < -0.3 is 14.8 Å². The zero-order valence-electron chi connectivity index (χ0n) is 14.9. The summed E-state index contributed by atoms with van der Waals surface area (Å²) in [5.41, 5.74) is 1.33. The molecule has 0 unspecified atom stereocenters. The average molecular weight is 387 g/mol. The number of rotatable bonds is 9. The topological polar surface area (TPSA) is 65.4 Å². The Morgan fingerprint density at radius 2 is 1.71 bits per heavy atom. The molecule has 3 rings (SSSR count). The molecule has 1 heterocycles. The Bertz CT molecular complexity index is 900. The molecule has 0 bridgehead atoms. The molecule has 0 fully saturated rings. The van der Waals surface area contributed by atoms with E-state index in [1.165, 1.54) is 12.4 Å². The van der Waals surface area contributed by atoms with Crippen molar-refractivity contribution >= 4 is 11.6 Å². The van der Waals surface area contributed by atoms with E-state index in [0.717, 1.165) is 10.2 Å². The van der Waals surface area contributed by atoms with Crippen molar-refractivity contribution in [1.82, 2.24) is 9.78 Å². The largest absolute Gasteiger partial charge is 0.485 e. The van der Waals surface area contributed by atoms with Crippen LogP contribution < -0.4 is 14.8 Å². The van der Waals surface area contributed by atoms with Crippen LogP contribution in [-0.2, 0) is 17.9 Å². The second-order valence-electron chi connectivity index (χ2n) is 5.90. The van der Waals surface area contributed by atoms with E-state index in [4.69, 9.17) is 9.47 Å². The Kier molecular flexibility index (Phi) is 6.56. The van der Waals surface area contributed by atoms with Crippen LogP contribution in [0.3, 0.4) is 0 Å². The number of carbonyl (C=O) groups is 1. The first kappa shape index (κ1) is 19.3.